The molecule has 0 bridgehead atoms. The van der Waals surface area contributed by atoms with Gasteiger partial charge in [-0.05, 0) is 31.4 Å². The molecule has 0 amide bonds. The third kappa shape index (κ3) is 2.85. The number of nitrogens with zero attached hydrogens (tertiary/aromatic N) is 3. The zero-order valence-electron chi connectivity index (χ0n) is 12.4. The molecule has 2 aromatic rings. The summed E-state index contributed by atoms with van der Waals surface area (Å²) >= 11 is 0. The first-order valence-electron chi connectivity index (χ1n) is 6.79. The first-order valence-corrected chi connectivity index (χ1v) is 6.79. The minimum atomic E-state index is -0.673. The predicted octanol–water partition coefficient (Wildman–Crippen LogP) is 4.07. The molecule has 2 rings (SSSR count). The smallest absolute Gasteiger partial charge is 0.148 e. The summed E-state index contributed by atoms with van der Waals surface area (Å²) in [5.41, 5.74) is 2.54. The maximum atomic E-state index is 9.18. The Balaban J connectivity index is 2.39. The summed E-state index contributed by atoms with van der Waals surface area (Å²) in [6, 6.07) is 12.5. The first-order chi connectivity index (χ1) is 9.44. The SMILES string of the molecule is CC(C)c1ccc(-c2ccnc(C(C)(C)C#N)n2)cc1. The third-order valence-corrected chi connectivity index (χ3v) is 3.37. The van der Waals surface area contributed by atoms with E-state index in [0.717, 1.165) is 11.3 Å². The van der Waals surface area contributed by atoms with E-state index in [1.54, 1.807) is 6.20 Å². The van der Waals surface area contributed by atoms with Crippen LogP contribution in [0.1, 0.15) is 45.0 Å². The molecule has 0 aliphatic rings. The average molecular weight is 265 g/mol. The molecule has 0 aliphatic heterocycles. The summed E-state index contributed by atoms with van der Waals surface area (Å²) < 4.78 is 0. The van der Waals surface area contributed by atoms with Crippen molar-refractivity contribution in [1.29, 1.82) is 5.26 Å². The van der Waals surface area contributed by atoms with Crippen molar-refractivity contribution >= 4 is 0 Å². The molecule has 0 radical (unpaired) electrons. The van der Waals surface area contributed by atoms with Crippen LogP contribution in [0.4, 0.5) is 0 Å². The van der Waals surface area contributed by atoms with Crippen LogP contribution in [0.3, 0.4) is 0 Å². The summed E-state index contributed by atoms with van der Waals surface area (Å²) in [5.74, 6) is 1.08. The molecule has 1 heterocycles. The monoisotopic (exact) mass is 265 g/mol. The van der Waals surface area contributed by atoms with Gasteiger partial charge in [-0.15, -0.1) is 0 Å². The van der Waals surface area contributed by atoms with Crippen LogP contribution in [0.25, 0.3) is 11.3 Å². The van der Waals surface area contributed by atoms with Crippen molar-refractivity contribution in [1.82, 2.24) is 9.97 Å². The molecule has 0 saturated carbocycles. The molecule has 0 N–H and O–H groups in total. The van der Waals surface area contributed by atoms with Gasteiger partial charge < -0.3 is 0 Å². The van der Waals surface area contributed by atoms with Crippen molar-refractivity contribution in [3.63, 3.8) is 0 Å². The van der Waals surface area contributed by atoms with E-state index in [2.05, 4.69) is 54.2 Å². The Morgan fingerprint density at radius 1 is 1.10 bits per heavy atom. The minimum absolute atomic E-state index is 0.516. The van der Waals surface area contributed by atoms with Gasteiger partial charge in [0.2, 0.25) is 0 Å². The number of nitriles is 1. The van der Waals surface area contributed by atoms with Crippen LogP contribution in [0.15, 0.2) is 36.5 Å². The molecule has 1 aromatic heterocycles. The third-order valence-electron chi connectivity index (χ3n) is 3.37. The van der Waals surface area contributed by atoms with E-state index in [4.69, 9.17) is 0 Å². The second kappa shape index (κ2) is 5.42. The van der Waals surface area contributed by atoms with E-state index < -0.39 is 5.41 Å². The summed E-state index contributed by atoms with van der Waals surface area (Å²) in [6.07, 6.45) is 1.72. The molecular weight excluding hydrogens is 246 g/mol. The van der Waals surface area contributed by atoms with Gasteiger partial charge in [-0.3, -0.25) is 0 Å². The highest BCUT2D eigenvalue weighted by molar-refractivity contribution is 5.59. The van der Waals surface area contributed by atoms with E-state index in [-0.39, 0.29) is 0 Å². The molecule has 0 saturated heterocycles. The molecule has 20 heavy (non-hydrogen) atoms. The topological polar surface area (TPSA) is 49.6 Å². The van der Waals surface area contributed by atoms with Gasteiger partial charge in [-0.25, -0.2) is 9.97 Å². The molecule has 0 atom stereocenters. The van der Waals surface area contributed by atoms with Crippen LogP contribution in [0, 0.1) is 11.3 Å². The van der Waals surface area contributed by atoms with E-state index >= 15 is 0 Å². The Labute approximate surface area is 120 Å². The molecule has 0 spiro atoms. The van der Waals surface area contributed by atoms with Gasteiger partial charge in [-0.1, -0.05) is 38.1 Å². The quantitative estimate of drug-likeness (QED) is 0.840. The van der Waals surface area contributed by atoms with Crippen LogP contribution in [0.5, 0.6) is 0 Å². The molecule has 0 fully saturated rings. The summed E-state index contributed by atoms with van der Waals surface area (Å²) in [5, 5.41) is 9.18. The number of benzene rings is 1. The molecule has 3 nitrogen and oxygen atoms in total. The van der Waals surface area contributed by atoms with Crippen LogP contribution in [-0.4, -0.2) is 9.97 Å². The average Bonchev–Trinajstić information content (AvgIpc) is 2.47. The molecule has 0 unspecified atom stereocenters. The Kier molecular flexibility index (Phi) is 3.85. The van der Waals surface area contributed by atoms with Crippen LogP contribution >= 0.6 is 0 Å². The Hall–Kier alpha value is -2.21. The van der Waals surface area contributed by atoms with Gasteiger partial charge in [0.15, 0.2) is 0 Å². The van der Waals surface area contributed by atoms with E-state index in [9.17, 15) is 5.26 Å². The Morgan fingerprint density at radius 2 is 1.75 bits per heavy atom. The maximum absolute atomic E-state index is 9.18. The highest BCUT2D eigenvalue weighted by Crippen LogP contribution is 2.24. The van der Waals surface area contributed by atoms with Crippen molar-refractivity contribution in [2.45, 2.75) is 39.0 Å². The largest absolute Gasteiger partial charge is 0.240 e. The lowest BCUT2D eigenvalue weighted by Gasteiger charge is -2.14. The fourth-order valence-electron chi connectivity index (χ4n) is 1.91. The van der Waals surface area contributed by atoms with Gasteiger partial charge in [0.1, 0.15) is 11.2 Å². The van der Waals surface area contributed by atoms with Crippen LogP contribution < -0.4 is 0 Å². The number of hydrogen-bond acceptors (Lipinski definition) is 3. The van der Waals surface area contributed by atoms with Crippen molar-refractivity contribution in [3.8, 4) is 17.3 Å². The lowest BCUT2D eigenvalue weighted by Crippen LogP contribution is -2.18. The van der Waals surface area contributed by atoms with E-state index in [1.807, 2.05) is 19.9 Å². The highest BCUT2D eigenvalue weighted by Gasteiger charge is 2.23. The van der Waals surface area contributed by atoms with Crippen molar-refractivity contribution < 1.29 is 0 Å². The second-order valence-corrected chi connectivity index (χ2v) is 5.78. The van der Waals surface area contributed by atoms with E-state index in [0.29, 0.717) is 11.7 Å². The zero-order valence-corrected chi connectivity index (χ0v) is 12.4. The molecule has 102 valence electrons. The molecule has 0 aliphatic carbocycles. The number of rotatable bonds is 3. The zero-order chi connectivity index (χ0) is 14.8. The predicted molar refractivity (Wildman–Crippen MR) is 80.2 cm³/mol. The summed E-state index contributed by atoms with van der Waals surface area (Å²) in [4.78, 5) is 8.75. The normalized spacial score (nSPS) is 11.4. The van der Waals surface area contributed by atoms with Gasteiger partial charge in [0.05, 0.1) is 11.8 Å². The first kappa shape index (κ1) is 14.2. The summed E-state index contributed by atoms with van der Waals surface area (Å²) in [7, 11) is 0. The standard InChI is InChI=1S/C17H19N3/c1-12(2)13-5-7-14(8-6-13)15-9-10-19-16(20-15)17(3,4)11-18/h5-10,12H,1-4H3. The van der Waals surface area contributed by atoms with Crippen molar-refractivity contribution in [2.24, 2.45) is 0 Å². The summed E-state index contributed by atoms with van der Waals surface area (Å²) in [6.45, 7) is 8.00. The van der Waals surface area contributed by atoms with Gasteiger partial charge in [0, 0.05) is 11.8 Å². The second-order valence-electron chi connectivity index (χ2n) is 5.78. The Bertz CT molecular complexity index is 634. The van der Waals surface area contributed by atoms with Crippen LogP contribution in [0.2, 0.25) is 0 Å². The van der Waals surface area contributed by atoms with Crippen LogP contribution in [-0.2, 0) is 5.41 Å². The van der Waals surface area contributed by atoms with Crippen molar-refractivity contribution in [3.05, 3.63) is 47.9 Å². The number of aromatic nitrogens is 2. The molecular formula is C17H19N3. The fourth-order valence-corrected chi connectivity index (χ4v) is 1.91. The van der Waals surface area contributed by atoms with Gasteiger partial charge >= 0.3 is 0 Å². The molecule has 1 aromatic carbocycles. The lowest BCUT2D eigenvalue weighted by atomic mass is 9.94. The van der Waals surface area contributed by atoms with Gasteiger partial charge in [0.25, 0.3) is 0 Å². The van der Waals surface area contributed by atoms with E-state index in [1.165, 1.54) is 5.56 Å². The minimum Gasteiger partial charge on any atom is -0.240 e. The lowest BCUT2D eigenvalue weighted by molar-refractivity contribution is 0.630. The number of hydrogen-bond donors (Lipinski definition) is 0. The van der Waals surface area contributed by atoms with Crippen molar-refractivity contribution in [2.75, 3.05) is 0 Å². The molecule has 3 heteroatoms. The van der Waals surface area contributed by atoms with Gasteiger partial charge in [-0.2, -0.15) is 5.26 Å². The Morgan fingerprint density at radius 3 is 2.30 bits per heavy atom. The highest BCUT2D eigenvalue weighted by atomic mass is 14.9. The maximum Gasteiger partial charge on any atom is 0.148 e. The fraction of sp³-hybridized carbons (Fsp3) is 0.353.